The van der Waals surface area contributed by atoms with Gasteiger partial charge < -0.3 is 15.4 Å². The molecule has 2 unspecified atom stereocenters. The van der Waals surface area contributed by atoms with Crippen LogP contribution < -0.4 is 5.73 Å². The third-order valence-electron chi connectivity index (χ3n) is 3.29. The summed E-state index contributed by atoms with van der Waals surface area (Å²) in [6.45, 7) is 8.27. The lowest BCUT2D eigenvalue weighted by molar-refractivity contribution is -0.137. The number of carbonyl (C=O) groups excluding carboxylic acids is 1. The third kappa shape index (κ3) is 4.28. The highest BCUT2D eigenvalue weighted by Gasteiger charge is 2.30. The molecule has 0 aromatic carbocycles. The van der Waals surface area contributed by atoms with Gasteiger partial charge in [0.2, 0.25) is 5.91 Å². The van der Waals surface area contributed by atoms with Crippen LogP contribution in [0.15, 0.2) is 0 Å². The highest BCUT2D eigenvalue weighted by molar-refractivity contribution is 5.79. The van der Waals surface area contributed by atoms with Gasteiger partial charge in [-0.05, 0) is 18.3 Å². The monoisotopic (exact) mass is 242 g/mol. The molecule has 17 heavy (non-hydrogen) atoms. The number of amides is 1. The van der Waals surface area contributed by atoms with Crippen LogP contribution in [0.4, 0.5) is 0 Å². The fourth-order valence-corrected chi connectivity index (χ4v) is 2.31. The van der Waals surface area contributed by atoms with Gasteiger partial charge in [0.25, 0.3) is 0 Å². The molecule has 2 N–H and O–H groups in total. The number of ether oxygens (including phenoxy) is 1. The number of carbonyl (C=O) groups is 1. The van der Waals surface area contributed by atoms with Crippen LogP contribution in [-0.2, 0) is 9.53 Å². The molecule has 1 aliphatic heterocycles. The van der Waals surface area contributed by atoms with Crippen molar-refractivity contribution in [2.45, 2.75) is 39.7 Å². The van der Waals surface area contributed by atoms with E-state index in [4.69, 9.17) is 10.5 Å². The summed E-state index contributed by atoms with van der Waals surface area (Å²) in [5.41, 5.74) is 5.87. The maximum absolute atomic E-state index is 12.3. The summed E-state index contributed by atoms with van der Waals surface area (Å²) in [4.78, 5) is 14.2. The van der Waals surface area contributed by atoms with Gasteiger partial charge in [0.15, 0.2) is 0 Å². The van der Waals surface area contributed by atoms with Crippen molar-refractivity contribution in [3.63, 3.8) is 0 Å². The molecule has 0 radical (unpaired) electrons. The molecule has 1 amide bonds. The Hall–Kier alpha value is -0.610. The van der Waals surface area contributed by atoms with Crippen molar-refractivity contribution in [1.82, 2.24) is 4.90 Å². The lowest BCUT2D eigenvalue weighted by atomic mass is 9.84. The largest absolute Gasteiger partial charge is 0.379 e. The fourth-order valence-electron chi connectivity index (χ4n) is 2.31. The molecule has 1 fully saturated rings. The van der Waals surface area contributed by atoms with Gasteiger partial charge in [-0.3, -0.25) is 4.79 Å². The Morgan fingerprint density at radius 3 is 2.59 bits per heavy atom. The Morgan fingerprint density at radius 2 is 2.18 bits per heavy atom. The zero-order chi connectivity index (χ0) is 13.1. The molecular weight excluding hydrogens is 216 g/mol. The van der Waals surface area contributed by atoms with E-state index in [0.717, 1.165) is 19.4 Å². The molecule has 4 heteroatoms. The van der Waals surface area contributed by atoms with Crippen LogP contribution in [0.25, 0.3) is 0 Å². The zero-order valence-electron chi connectivity index (χ0n) is 11.5. The second-order valence-electron chi connectivity index (χ2n) is 6.16. The number of likely N-dealkylation sites (N-methyl/N-ethyl adjacent to an activating group) is 1. The summed E-state index contributed by atoms with van der Waals surface area (Å²) in [6, 6.07) is 0.233. The molecule has 1 aliphatic rings. The molecule has 0 aromatic heterocycles. The number of nitrogens with two attached hydrogens (primary N) is 1. The molecule has 100 valence electrons. The topological polar surface area (TPSA) is 55.6 Å². The first kappa shape index (κ1) is 14.5. The zero-order valence-corrected chi connectivity index (χ0v) is 11.5. The Kier molecular flexibility index (Phi) is 4.95. The lowest BCUT2D eigenvalue weighted by Crippen LogP contribution is -2.44. The summed E-state index contributed by atoms with van der Waals surface area (Å²) >= 11 is 0. The SMILES string of the molecule is CN(C(=O)C(CN)CC(C)(C)C)C1CCOC1. The minimum atomic E-state index is -0.0689. The standard InChI is InChI=1S/C13H26N2O2/c1-13(2,3)7-10(8-14)12(16)15(4)11-5-6-17-9-11/h10-11H,5-9,14H2,1-4H3. The van der Waals surface area contributed by atoms with Crippen molar-refractivity contribution >= 4 is 5.91 Å². The van der Waals surface area contributed by atoms with Crippen molar-refractivity contribution in [2.24, 2.45) is 17.1 Å². The van der Waals surface area contributed by atoms with Gasteiger partial charge in [-0.1, -0.05) is 20.8 Å². The van der Waals surface area contributed by atoms with E-state index in [1.807, 2.05) is 11.9 Å². The van der Waals surface area contributed by atoms with E-state index in [2.05, 4.69) is 20.8 Å². The maximum Gasteiger partial charge on any atom is 0.227 e. The van der Waals surface area contributed by atoms with Crippen LogP contribution >= 0.6 is 0 Å². The van der Waals surface area contributed by atoms with Crippen LogP contribution in [0.3, 0.4) is 0 Å². The predicted octanol–water partition coefficient (Wildman–Crippen LogP) is 1.24. The normalized spacial score (nSPS) is 22.5. The molecule has 1 heterocycles. The number of nitrogens with zero attached hydrogens (tertiary/aromatic N) is 1. The first-order chi connectivity index (χ1) is 7.85. The van der Waals surface area contributed by atoms with Crippen LogP contribution in [0.5, 0.6) is 0 Å². The molecule has 1 saturated heterocycles. The molecule has 1 rings (SSSR count). The Balaban J connectivity index is 2.58. The Labute approximate surface area is 104 Å². The van der Waals surface area contributed by atoms with E-state index in [-0.39, 0.29) is 23.3 Å². The van der Waals surface area contributed by atoms with Crippen molar-refractivity contribution in [3.05, 3.63) is 0 Å². The van der Waals surface area contributed by atoms with E-state index in [9.17, 15) is 4.79 Å². The van der Waals surface area contributed by atoms with Gasteiger partial charge in [0, 0.05) is 20.2 Å². The molecule has 2 atom stereocenters. The highest BCUT2D eigenvalue weighted by atomic mass is 16.5. The Morgan fingerprint density at radius 1 is 1.53 bits per heavy atom. The minimum absolute atomic E-state index is 0.0689. The minimum Gasteiger partial charge on any atom is -0.379 e. The molecule has 0 aliphatic carbocycles. The molecule has 0 spiro atoms. The van der Waals surface area contributed by atoms with E-state index in [0.29, 0.717) is 13.2 Å². The molecular formula is C13H26N2O2. The van der Waals surface area contributed by atoms with E-state index >= 15 is 0 Å². The fraction of sp³-hybridized carbons (Fsp3) is 0.923. The van der Waals surface area contributed by atoms with E-state index in [1.54, 1.807) is 0 Å². The molecule has 0 aromatic rings. The number of hydrogen-bond acceptors (Lipinski definition) is 3. The van der Waals surface area contributed by atoms with Crippen LogP contribution in [-0.4, -0.2) is 43.7 Å². The van der Waals surface area contributed by atoms with Gasteiger partial charge in [0.05, 0.1) is 18.6 Å². The molecule has 0 bridgehead atoms. The van der Waals surface area contributed by atoms with Crippen molar-refractivity contribution in [1.29, 1.82) is 0 Å². The van der Waals surface area contributed by atoms with E-state index in [1.165, 1.54) is 0 Å². The number of hydrogen-bond donors (Lipinski definition) is 1. The second kappa shape index (κ2) is 5.83. The third-order valence-corrected chi connectivity index (χ3v) is 3.29. The van der Waals surface area contributed by atoms with Crippen LogP contribution in [0.2, 0.25) is 0 Å². The summed E-state index contributed by atoms with van der Waals surface area (Å²) < 4.78 is 5.32. The van der Waals surface area contributed by atoms with Crippen LogP contribution in [0.1, 0.15) is 33.6 Å². The van der Waals surface area contributed by atoms with Gasteiger partial charge in [-0.25, -0.2) is 0 Å². The average Bonchev–Trinajstić information content (AvgIpc) is 2.75. The smallest absolute Gasteiger partial charge is 0.227 e. The van der Waals surface area contributed by atoms with E-state index < -0.39 is 0 Å². The van der Waals surface area contributed by atoms with Gasteiger partial charge in [-0.15, -0.1) is 0 Å². The first-order valence-electron chi connectivity index (χ1n) is 6.39. The number of rotatable bonds is 4. The van der Waals surface area contributed by atoms with Crippen molar-refractivity contribution in [2.75, 3.05) is 26.8 Å². The summed E-state index contributed by atoms with van der Waals surface area (Å²) in [5, 5.41) is 0. The lowest BCUT2D eigenvalue weighted by Gasteiger charge is -2.30. The molecule has 0 saturated carbocycles. The molecule has 4 nitrogen and oxygen atoms in total. The van der Waals surface area contributed by atoms with Crippen molar-refractivity contribution in [3.8, 4) is 0 Å². The Bertz CT molecular complexity index is 255. The van der Waals surface area contributed by atoms with Crippen LogP contribution in [0, 0.1) is 11.3 Å². The first-order valence-corrected chi connectivity index (χ1v) is 6.39. The average molecular weight is 242 g/mol. The van der Waals surface area contributed by atoms with Gasteiger partial charge >= 0.3 is 0 Å². The maximum atomic E-state index is 12.3. The predicted molar refractivity (Wildman–Crippen MR) is 68.6 cm³/mol. The summed E-state index contributed by atoms with van der Waals surface area (Å²) in [6.07, 6.45) is 1.77. The highest BCUT2D eigenvalue weighted by Crippen LogP contribution is 2.26. The summed E-state index contributed by atoms with van der Waals surface area (Å²) in [5.74, 6) is 0.0959. The van der Waals surface area contributed by atoms with Gasteiger partial charge in [-0.2, -0.15) is 0 Å². The quantitative estimate of drug-likeness (QED) is 0.807. The van der Waals surface area contributed by atoms with Gasteiger partial charge in [0.1, 0.15) is 0 Å². The van der Waals surface area contributed by atoms with Crippen molar-refractivity contribution < 1.29 is 9.53 Å². The second-order valence-corrected chi connectivity index (χ2v) is 6.16. The summed E-state index contributed by atoms with van der Waals surface area (Å²) in [7, 11) is 1.87.